The molecule has 0 saturated carbocycles. The first-order valence-corrected chi connectivity index (χ1v) is 11.5. The summed E-state index contributed by atoms with van der Waals surface area (Å²) in [5.41, 5.74) is 0.928. The van der Waals surface area contributed by atoms with Crippen LogP contribution in [0.3, 0.4) is 0 Å². The molecule has 138 valence electrons. The number of hydrogen-bond donors (Lipinski definition) is 0. The quantitative estimate of drug-likeness (QED) is 0.488. The Balaban J connectivity index is 0.000000446. The van der Waals surface area contributed by atoms with E-state index < -0.39 is 10.1 Å². The van der Waals surface area contributed by atoms with Crippen LogP contribution >= 0.6 is 0 Å². The van der Waals surface area contributed by atoms with Gasteiger partial charge in [0.2, 0.25) is 0 Å². The molecule has 0 aliphatic rings. The van der Waals surface area contributed by atoms with Crippen molar-refractivity contribution in [2.75, 3.05) is 17.3 Å². The molecule has 0 saturated heterocycles. The fourth-order valence-electron chi connectivity index (χ4n) is 1.94. The standard InChI is InChI=1S/C11H23OS.C7H8O3S/c1-4-6-8-13(9-7-5-2)10-11(3)12;1-6-2-4-7(5-3-6)11(8,9)10/h4-10H2,1-3H3;2-5H,1H3,(H,8,9,10)/q+1;/p-1. The summed E-state index contributed by atoms with van der Waals surface area (Å²) in [5, 5.41) is 0. The fourth-order valence-corrected chi connectivity index (χ4v) is 4.87. The molecule has 24 heavy (non-hydrogen) atoms. The average molecular weight is 375 g/mol. The van der Waals surface area contributed by atoms with Gasteiger partial charge in [-0.15, -0.1) is 0 Å². The van der Waals surface area contributed by atoms with Gasteiger partial charge in [0.25, 0.3) is 0 Å². The van der Waals surface area contributed by atoms with E-state index in [1.165, 1.54) is 49.3 Å². The molecule has 1 rings (SSSR count). The van der Waals surface area contributed by atoms with Gasteiger partial charge in [-0.05, 0) is 49.7 Å². The minimum Gasteiger partial charge on any atom is -0.744 e. The van der Waals surface area contributed by atoms with Crippen LogP contribution in [0.1, 0.15) is 52.0 Å². The van der Waals surface area contributed by atoms with E-state index >= 15 is 0 Å². The van der Waals surface area contributed by atoms with Crippen molar-refractivity contribution in [3.05, 3.63) is 29.8 Å². The number of ketones is 1. The maximum absolute atomic E-state index is 11.0. The summed E-state index contributed by atoms with van der Waals surface area (Å²) in [5.74, 6) is 3.75. The highest BCUT2D eigenvalue weighted by Gasteiger charge is 2.18. The molecule has 1 aromatic rings. The predicted octanol–water partition coefficient (Wildman–Crippen LogP) is 3.69. The fraction of sp³-hybridized carbons (Fsp3) is 0.611. The van der Waals surface area contributed by atoms with Gasteiger partial charge < -0.3 is 4.55 Å². The molecule has 0 fully saturated rings. The lowest BCUT2D eigenvalue weighted by Gasteiger charge is -2.05. The molecule has 0 N–H and O–H groups in total. The third-order valence-corrected chi connectivity index (χ3v) is 6.69. The lowest BCUT2D eigenvalue weighted by molar-refractivity contribution is -0.114. The van der Waals surface area contributed by atoms with E-state index in [0.717, 1.165) is 11.3 Å². The highest BCUT2D eigenvalue weighted by molar-refractivity contribution is 7.97. The van der Waals surface area contributed by atoms with Crippen LogP contribution in [0.5, 0.6) is 0 Å². The zero-order chi connectivity index (χ0) is 18.6. The summed E-state index contributed by atoms with van der Waals surface area (Å²) in [6.07, 6.45) is 5.10. The van der Waals surface area contributed by atoms with Gasteiger partial charge in [-0.2, -0.15) is 0 Å². The molecule has 4 nitrogen and oxygen atoms in total. The van der Waals surface area contributed by atoms with Crippen LogP contribution in [0.2, 0.25) is 0 Å². The van der Waals surface area contributed by atoms with Crippen molar-refractivity contribution < 1.29 is 17.8 Å². The SMILES string of the molecule is CCCC[S+](CCCC)CC(C)=O.Cc1ccc(S(=O)(=O)[O-])cc1. The summed E-state index contributed by atoms with van der Waals surface area (Å²) in [4.78, 5) is 10.8. The first-order valence-electron chi connectivity index (χ1n) is 8.36. The second-order valence-electron chi connectivity index (χ2n) is 5.84. The highest BCUT2D eigenvalue weighted by atomic mass is 32.2. The number of hydrogen-bond acceptors (Lipinski definition) is 4. The van der Waals surface area contributed by atoms with Crippen LogP contribution in [0.25, 0.3) is 0 Å². The van der Waals surface area contributed by atoms with E-state index in [9.17, 15) is 17.8 Å². The Bertz CT molecular complexity index is 557. The average Bonchev–Trinajstić information content (AvgIpc) is 2.49. The molecule has 0 amide bonds. The van der Waals surface area contributed by atoms with Gasteiger partial charge in [0.1, 0.15) is 21.6 Å². The molecule has 1 aromatic carbocycles. The number of rotatable bonds is 9. The maximum Gasteiger partial charge on any atom is 0.178 e. The Hall–Kier alpha value is -0.850. The molecular weight excluding hydrogens is 344 g/mol. The molecule has 0 radical (unpaired) electrons. The monoisotopic (exact) mass is 374 g/mol. The molecule has 0 bridgehead atoms. The third kappa shape index (κ3) is 11.6. The number of carbonyl (C=O) groups is 1. The summed E-state index contributed by atoms with van der Waals surface area (Å²) in [7, 11) is -3.87. The van der Waals surface area contributed by atoms with Gasteiger partial charge in [-0.1, -0.05) is 44.4 Å². The molecular formula is C18H30O4S2. The van der Waals surface area contributed by atoms with E-state index in [4.69, 9.17) is 0 Å². The van der Waals surface area contributed by atoms with Crippen molar-refractivity contribution in [2.24, 2.45) is 0 Å². The first kappa shape index (κ1) is 23.1. The minimum atomic E-state index is -4.27. The van der Waals surface area contributed by atoms with Crippen molar-refractivity contribution in [3.63, 3.8) is 0 Å². The third-order valence-electron chi connectivity index (χ3n) is 3.29. The number of benzene rings is 1. The van der Waals surface area contributed by atoms with Crippen molar-refractivity contribution in [1.29, 1.82) is 0 Å². The number of unbranched alkanes of at least 4 members (excludes halogenated alkanes) is 2. The second-order valence-corrected chi connectivity index (χ2v) is 9.55. The molecule has 0 aliphatic carbocycles. The normalized spacial score (nSPS) is 11.1. The Morgan fingerprint density at radius 2 is 1.50 bits per heavy atom. The van der Waals surface area contributed by atoms with E-state index in [1.54, 1.807) is 19.1 Å². The lowest BCUT2D eigenvalue weighted by atomic mass is 10.2. The number of aryl methyl sites for hydroxylation is 1. The zero-order valence-electron chi connectivity index (χ0n) is 15.2. The van der Waals surface area contributed by atoms with E-state index in [0.29, 0.717) is 16.7 Å². The number of carbonyl (C=O) groups excluding carboxylic acids is 1. The lowest BCUT2D eigenvalue weighted by Crippen LogP contribution is -2.20. The van der Waals surface area contributed by atoms with Gasteiger partial charge in [0, 0.05) is 0 Å². The predicted molar refractivity (Wildman–Crippen MR) is 102 cm³/mol. The first-order chi connectivity index (χ1) is 11.2. The Labute approximate surface area is 150 Å². The highest BCUT2D eigenvalue weighted by Crippen LogP contribution is 2.08. The Morgan fingerprint density at radius 3 is 1.83 bits per heavy atom. The molecule has 6 heteroatoms. The van der Waals surface area contributed by atoms with Gasteiger partial charge in [0.05, 0.1) is 4.90 Å². The smallest absolute Gasteiger partial charge is 0.178 e. The van der Waals surface area contributed by atoms with Crippen molar-refractivity contribution >= 4 is 26.8 Å². The van der Waals surface area contributed by atoms with Gasteiger partial charge in [-0.3, -0.25) is 4.79 Å². The largest absolute Gasteiger partial charge is 0.744 e. The van der Waals surface area contributed by atoms with Crippen LogP contribution in [0.15, 0.2) is 29.2 Å². The summed E-state index contributed by atoms with van der Waals surface area (Å²) in [6.45, 7) is 7.98. The Kier molecular flexibility index (Phi) is 12.1. The Morgan fingerprint density at radius 1 is 1.04 bits per heavy atom. The van der Waals surface area contributed by atoms with Crippen molar-refractivity contribution in [1.82, 2.24) is 0 Å². The molecule has 0 spiro atoms. The maximum atomic E-state index is 11.0. The summed E-state index contributed by atoms with van der Waals surface area (Å²) < 4.78 is 31.2. The second kappa shape index (κ2) is 12.5. The number of Topliss-reactive ketones (excluding diaryl/α,β-unsaturated/α-hetero) is 1. The van der Waals surface area contributed by atoms with Crippen LogP contribution in [0.4, 0.5) is 0 Å². The van der Waals surface area contributed by atoms with Crippen molar-refractivity contribution in [2.45, 2.75) is 58.3 Å². The van der Waals surface area contributed by atoms with E-state index in [1.807, 2.05) is 6.92 Å². The summed E-state index contributed by atoms with van der Waals surface area (Å²) in [6, 6.07) is 5.78. The molecule has 0 heterocycles. The van der Waals surface area contributed by atoms with Crippen LogP contribution < -0.4 is 0 Å². The molecule has 0 aliphatic heterocycles. The molecule has 0 unspecified atom stereocenters. The molecule has 0 aromatic heterocycles. The van der Waals surface area contributed by atoms with Gasteiger partial charge in [-0.25, -0.2) is 8.42 Å². The van der Waals surface area contributed by atoms with Crippen LogP contribution in [-0.2, 0) is 25.8 Å². The zero-order valence-corrected chi connectivity index (χ0v) is 16.8. The van der Waals surface area contributed by atoms with Crippen molar-refractivity contribution in [3.8, 4) is 0 Å². The topological polar surface area (TPSA) is 74.3 Å². The van der Waals surface area contributed by atoms with Gasteiger partial charge >= 0.3 is 0 Å². The van der Waals surface area contributed by atoms with E-state index in [2.05, 4.69) is 13.8 Å². The van der Waals surface area contributed by atoms with E-state index in [-0.39, 0.29) is 4.90 Å². The minimum absolute atomic E-state index is 0.178. The van der Waals surface area contributed by atoms with Gasteiger partial charge in [0.15, 0.2) is 11.5 Å². The summed E-state index contributed by atoms with van der Waals surface area (Å²) >= 11 is 0. The molecule has 0 atom stereocenters. The van der Waals surface area contributed by atoms with Crippen LogP contribution in [-0.4, -0.2) is 36.0 Å². The van der Waals surface area contributed by atoms with Crippen LogP contribution in [0, 0.1) is 6.92 Å².